The molecule has 0 radical (unpaired) electrons. The number of aryl methyl sites for hydroxylation is 1. The molecule has 5 nitrogen and oxygen atoms in total. The molecular weight excluding hydrogens is 372 g/mol. The van der Waals surface area contributed by atoms with Gasteiger partial charge in [-0.2, -0.15) is 0 Å². The number of carbonyl (C=O) groups excluding carboxylic acids is 2. The van der Waals surface area contributed by atoms with Gasteiger partial charge >= 0.3 is 0 Å². The van der Waals surface area contributed by atoms with Crippen LogP contribution >= 0.6 is 22.9 Å². The number of imide groups is 1. The predicted molar refractivity (Wildman–Crippen MR) is 104 cm³/mol. The molecule has 7 heteroatoms. The highest BCUT2D eigenvalue weighted by Crippen LogP contribution is 2.33. The molecule has 26 heavy (non-hydrogen) atoms. The lowest BCUT2D eigenvalue weighted by atomic mass is 10.1. The number of anilines is 1. The smallest absolute Gasteiger partial charge is 0.278 e. The fourth-order valence-electron chi connectivity index (χ4n) is 2.73. The number of thiophene rings is 1. The second-order valence-electron chi connectivity index (χ2n) is 5.92. The number of hydrogen-bond donors (Lipinski definition) is 1. The molecule has 1 aromatic carbocycles. The number of nitrogens with zero attached hydrogens (tertiary/aromatic N) is 1. The Hall–Kier alpha value is -2.15. The minimum Gasteiger partial charge on any atom is -0.385 e. The van der Waals surface area contributed by atoms with E-state index in [2.05, 4.69) is 5.32 Å². The first-order chi connectivity index (χ1) is 12.5. The van der Waals surface area contributed by atoms with Gasteiger partial charge in [-0.25, -0.2) is 0 Å². The number of ether oxygens (including phenoxy) is 1. The SMILES string of the molecule is COCCCN1C(=O)C(Nc2ccc(C)c(Cl)c2)=C(c2cccs2)C1=O. The summed E-state index contributed by atoms with van der Waals surface area (Å²) >= 11 is 7.61. The third kappa shape index (κ3) is 3.67. The summed E-state index contributed by atoms with van der Waals surface area (Å²) in [6.07, 6.45) is 0.593. The fourth-order valence-corrected chi connectivity index (χ4v) is 3.68. The van der Waals surface area contributed by atoms with Crippen molar-refractivity contribution in [2.75, 3.05) is 25.6 Å². The van der Waals surface area contributed by atoms with Gasteiger partial charge < -0.3 is 10.1 Å². The molecule has 0 fully saturated rings. The van der Waals surface area contributed by atoms with Gasteiger partial charge in [-0.3, -0.25) is 14.5 Å². The lowest BCUT2D eigenvalue weighted by molar-refractivity contribution is -0.136. The maximum Gasteiger partial charge on any atom is 0.278 e. The number of halogens is 1. The van der Waals surface area contributed by atoms with Crippen LogP contribution in [0.4, 0.5) is 5.69 Å². The molecule has 2 aromatic rings. The lowest BCUT2D eigenvalue weighted by Crippen LogP contribution is -2.33. The zero-order chi connectivity index (χ0) is 18.7. The van der Waals surface area contributed by atoms with E-state index in [1.165, 1.54) is 16.2 Å². The third-order valence-corrected chi connectivity index (χ3v) is 5.40. The molecule has 3 rings (SSSR count). The molecule has 1 aliphatic heterocycles. The quantitative estimate of drug-likeness (QED) is 0.574. The van der Waals surface area contributed by atoms with E-state index in [4.69, 9.17) is 16.3 Å². The molecule has 0 aliphatic carbocycles. The van der Waals surface area contributed by atoms with Crippen molar-refractivity contribution in [3.8, 4) is 0 Å². The van der Waals surface area contributed by atoms with Crippen LogP contribution in [0.1, 0.15) is 16.9 Å². The summed E-state index contributed by atoms with van der Waals surface area (Å²) in [5.41, 5.74) is 2.30. The molecule has 0 atom stereocenters. The lowest BCUT2D eigenvalue weighted by Gasteiger charge is -2.15. The Labute approximate surface area is 161 Å². The standard InChI is InChI=1S/C19H19ClN2O3S/c1-12-6-7-13(11-14(12)20)21-17-16(15-5-3-10-26-15)18(23)22(19(17)24)8-4-9-25-2/h3,5-7,10-11,21H,4,8-9H2,1-2H3. The Kier molecular flexibility index (Phi) is 5.76. The van der Waals surface area contributed by atoms with E-state index in [9.17, 15) is 9.59 Å². The van der Waals surface area contributed by atoms with Crippen LogP contribution in [0, 0.1) is 6.92 Å². The second-order valence-corrected chi connectivity index (χ2v) is 7.28. The van der Waals surface area contributed by atoms with E-state index in [1.54, 1.807) is 13.2 Å². The first-order valence-corrected chi connectivity index (χ1v) is 9.45. The minimum absolute atomic E-state index is 0.283. The van der Waals surface area contributed by atoms with Crippen molar-refractivity contribution in [3.63, 3.8) is 0 Å². The van der Waals surface area contributed by atoms with Gasteiger partial charge in [0.15, 0.2) is 0 Å². The second kappa shape index (κ2) is 8.03. The number of nitrogens with one attached hydrogen (secondary N) is 1. The van der Waals surface area contributed by atoms with Crippen molar-refractivity contribution in [2.45, 2.75) is 13.3 Å². The third-order valence-electron chi connectivity index (χ3n) is 4.11. The van der Waals surface area contributed by atoms with Gasteiger partial charge in [0.05, 0.1) is 5.57 Å². The van der Waals surface area contributed by atoms with Crippen molar-refractivity contribution < 1.29 is 14.3 Å². The Balaban J connectivity index is 1.95. The highest BCUT2D eigenvalue weighted by Gasteiger charge is 2.39. The molecule has 0 spiro atoms. The van der Waals surface area contributed by atoms with Crippen LogP contribution in [-0.4, -0.2) is 37.0 Å². The summed E-state index contributed by atoms with van der Waals surface area (Å²) < 4.78 is 5.03. The molecule has 136 valence electrons. The fraction of sp³-hybridized carbons (Fsp3) is 0.263. The van der Waals surface area contributed by atoms with Crippen molar-refractivity contribution in [3.05, 3.63) is 56.9 Å². The normalized spacial score (nSPS) is 14.5. The number of methoxy groups -OCH3 is 1. The Bertz CT molecular complexity index is 862. The van der Waals surface area contributed by atoms with Gasteiger partial charge in [0.2, 0.25) is 0 Å². The summed E-state index contributed by atoms with van der Waals surface area (Å²) in [6, 6.07) is 9.16. The van der Waals surface area contributed by atoms with E-state index < -0.39 is 0 Å². The zero-order valence-corrected chi connectivity index (χ0v) is 16.1. The molecule has 1 N–H and O–H groups in total. The first-order valence-electron chi connectivity index (χ1n) is 8.19. The summed E-state index contributed by atoms with van der Waals surface area (Å²) in [6.45, 7) is 2.71. The van der Waals surface area contributed by atoms with E-state index in [0.717, 1.165) is 10.4 Å². The van der Waals surface area contributed by atoms with E-state index >= 15 is 0 Å². The number of amides is 2. The van der Waals surface area contributed by atoms with E-state index in [0.29, 0.717) is 35.9 Å². The predicted octanol–water partition coefficient (Wildman–Crippen LogP) is 3.94. The summed E-state index contributed by atoms with van der Waals surface area (Å²) in [5.74, 6) is -0.611. The minimum atomic E-state index is -0.328. The number of carbonyl (C=O) groups is 2. The maximum absolute atomic E-state index is 12.9. The van der Waals surface area contributed by atoms with Gasteiger partial charge in [-0.05, 0) is 42.5 Å². The number of benzene rings is 1. The van der Waals surface area contributed by atoms with E-state index in [1.807, 2.05) is 36.6 Å². The summed E-state index contributed by atoms with van der Waals surface area (Å²) in [4.78, 5) is 27.8. The molecule has 0 bridgehead atoms. The van der Waals surface area contributed by atoms with Gasteiger partial charge in [0.1, 0.15) is 5.70 Å². The first kappa shape index (κ1) is 18.6. The van der Waals surface area contributed by atoms with Crippen LogP contribution in [0.25, 0.3) is 5.57 Å². The van der Waals surface area contributed by atoms with Crippen LogP contribution in [0.3, 0.4) is 0 Å². The highest BCUT2D eigenvalue weighted by molar-refractivity contribution is 7.11. The summed E-state index contributed by atoms with van der Waals surface area (Å²) in [7, 11) is 1.59. The molecule has 2 amide bonds. The summed E-state index contributed by atoms with van der Waals surface area (Å²) in [5, 5.41) is 5.59. The van der Waals surface area contributed by atoms with Crippen molar-refractivity contribution in [1.82, 2.24) is 4.90 Å². The molecular formula is C19H19ClN2O3S. The molecule has 1 aromatic heterocycles. The molecule has 0 saturated carbocycles. The maximum atomic E-state index is 12.9. The average molecular weight is 391 g/mol. The zero-order valence-electron chi connectivity index (χ0n) is 14.5. The van der Waals surface area contributed by atoms with Crippen LogP contribution in [-0.2, 0) is 14.3 Å². The highest BCUT2D eigenvalue weighted by atomic mass is 35.5. The Morgan fingerprint density at radius 3 is 2.69 bits per heavy atom. The van der Waals surface area contributed by atoms with Crippen LogP contribution in [0.15, 0.2) is 41.4 Å². The monoisotopic (exact) mass is 390 g/mol. The Morgan fingerprint density at radius 2 is 2.04 bits per heavy atom. The van der Waals surface area contributed by atoms with Crippen molar-refractivity contribution in [1.29, 1.82) is 0 Å². The average Bonchev–Trinajstić information content (AvgIpc) is 3.21. The van der Waals surface area contributed by atoms with Gasteiger partial charge in [0.25, 0.3) is 11.8 Å². The molecule has 0 unspecified atom stereocenters. The van der Waals surface area contributed by atoms with Crippen molar-refractivity contribution >= 4 is 46.0 Å². The number of rotatable bonds is 7. The topological polar surface area (TPSA) is 58.6 Å². The Morgan fingerprint density at radius 1 is 1.23 bits per heavy atom. The van der Waals surface area contributed by atoms with Crippen LogP contribution in [0.5, 0.6) is 0 Å². The molecule has 1 aliphatic rings. The molecule has 2 heterocycles. The molecule has 0 saturated heterocycles. The van der Waals surface area contributed by atoms with Crippen LogP contribution < -0.4 is 5.32 Å². The van der Waals surface area contributed by atoms with Gasteiger partial charge in [-0.15, -0.1) is 11.3 Å². The van der Waals surface area contributed by atoms with Crippen LogP contribution in [0.2, 0.25) is 5.02 Å². The van der Waals surface area contributed by atoms with Gasteiger partial charge in [0, 0.05) is 35.8 Å². The van der Waals surface area contributed by atoms with E-state index in [-0.39, 0.29) is 17.5 Å². The van der Waals surface area contributed by atoms with Crippen molar-refractivity contribution in [2.24, 2.45) is 0 Å². The van der Waals surface area contributed by atoms with Gasteiger partial charge in [-0.1, -0.05) is 23.7 Å². The largest absolute Gasteiger partial charge is 0.385 e. The number of hydrogen-bond acceptors (Lipinski definition) is 5.